The Morgan fingerprint density at radius 3 is 2.87 bits per heavy atom. The number of hydrogen-bond donors (Lipinski definition) is 1. The number of aliphatic hydroxyl groups is 1. The molecule has 2 unspecified atom stereocenters. The number of nitrogens with zero attached hydrogens (tertiary/aromatic N) is 3. The van der Waals surface area contributed by atoms with Crippen LogP contribution in [-0.4, -0.2) is 25.7 Å². The molecule has 1 saturated carbocycles. The van der Waals surface area contributed by atoms with E-state index < -0.39 is 11.0 Å². The van der Waals surface area contributed by atoms with Crippen molar-refractivity contribution in [1.82, 2.24) is 9.55 Å². The highest BCUT2D eigenvalue weighted by Crippen LogP contribution is 2.29. The molecule has 2 atom stereocenters. The minimum absolute atomic E-state index is 0.0556. The predicted molar refractivity (Wildman–Crippen MR) is 52.4 cm³/mol. The zero-order chi connectivity index (χ0) is 10.8. The van der Waals surface area contributed by atoms with Crippen LogP contribution in [0.15, 0.2) is 12.5 Å². The highest BCUT2D eigenvalue weighted by molar-refractivity contribution is 5.13. The van der Waals surface area contributed by atoms with E-state index in [4.69, 9.17) is 0 Å². The van der Waals surface area contributed by atoms with Gasteiger partial charge in [-0.25, -0.2) is 0 Å². The smallest absolute Gasteiger partial charge is 0.381 e. The summed E-state index contributed by atoms with van der Waals surface area (Å²) in [5, 5.41) is 20.2. The normalized spacial score (nSPS) is 26.5. The Morgan fingerprint density at radius 2 is 2.27 bits per heavy atom. The molecule has 1 aromatic heterocycles. The summed E-state index contributed by atoms with van der Waals surface area (Å²) in [5.41, 5.74) is 0. The summed E-state index contributed by atoms with van der Waals surface area (Å²) < 4.78 is 1.65. The first-order valence-corrected chi connectivity index (χ1v) is 5.04. The molecule has 0 spiro atoms. The van der Waals surface area contributed by atoms with Crippen molar-refractivity contribution in [3.05, 3.63) is 22.6 Å². The Kier molecular flexibility index (Phi) is 2.68. The number of imidazole rings is 1. The van der Waals surface area contributed by atoms with Gasteiger partial charge in [0.1, 0.15) is 6.20 Å². The van der Waals surface area contributed by atoms with Crippen molar-refractivity contribution >= 4 is 5.82 Å². The molecule has 6 heteroatoms. The van der Waals surface area contributed by atoms with Crippen LogP contribution >= 0.6 is 0 Å². The fraction of sp³-hybridized carbons (Fsp3) is 0.667. The largest absolute Gasteiger partial charge is 0.391 e. The quantitative estimate of drug-likeness (QED) is 0.590. The first-order valence-electron chi connectivity index (χ1n) is 5.04. The monoisotopic (exact) mass is 211 g/mol. The van der Waals surface area contributed by atoms with Crippen LogP contribution < -0.4 is 0 Å². The Bertz CT molecular complexity index is 363. The highest BCUT2D eigenvalue weighted by atomic mass is 16.6. The molecule has 2 rings (SSSR count). The predicted octanol–water partition coefficient (Wildman–Crippen LogP) is 1.27. The van der Waals surface area contributed by atoms with Gasteiger partial charge in [0.25, 0.3) is 0 Å². The van der Waals surface area contributed by atoms with E-state index in [9.17, 15) is 15.2 Å². The molecule has 82 valence electrons. The maximum Gasteiger partial charge on any atom is 0.381 e. The summed E-state index contributed by atoms with van der Waals surface area (Å²) in [6, 6.07) is -0.0556. The van der Waals surface area contributed by atoms with E-state index in [1.54, 1.807) is 4.57 Å². The molecule has 1 aliphatic carbocycles. The second-order valence-corrected chi connectivity index (χ2v) is 3.86. The lowest BCUT2D eigenvalue weighted by atomic mass is 9.92. The second kappa shape index (κ2) is 3.98. The van der Waals surface area contributed by atoms with E-state index in [2.05, 4.69) is 4.98 Å². The van der Waals surface area contributed by atoms with Gasteiger partial charge in [0, 0.05) is 0 Å². The van der Waals surface area contributed by atoms with Crippen LogP contribution in [-0.2, 0) is 0 Å². The Morgan fingerprint density at radius 1 is 1.53 bits per heavy atom. The Hall–Kier alpha value is -1.43. The molecule has 1 N–H and O–H groups in total. The third-order valence-corrected chi connectivity index (χ3v) is 2.85. The minimum Gasteiger partial charge on any atom is -0.391 e. The van der Waals surface area contributed by atoms with Crippen LogP contribution in [0.4, 0.5) is 5.82 Å². The summed E-state index contributed by atoms with van der Waals surface area (Å²) in [6.45, 7) is 0. The van der Waals surface area contributed by atoms with Crippen molar-refractivity contribution in [2.45, 2.75) is 37.8 Å². The van der Waals surface area contributed by atoms with Gasteiger partial charge in [-0.05, 0) is 22.7 Å². The van der Waals surface area contributed by atoms with Crippen LogP contribution in [0.1, 0.15) is 31.7 Å². The molecule has 6 nitrogen and oxygen atoms in total. The van der Waals surface area contributed by atoms with Gasteiger partial charge in [-0.3, -0.25) is 0 Å². The molecule has 0 bridgehead atoms. The lowest BCUT2D eigenvalue weighted by Crippen LogP contribution is -2.26. The number of rotatable bonds is 2. The van der Waals surface area contributed by atoms with Crippen LogP contribution in [0.25, 0.3) is 0 Å². The lowest BCUT2D eigenvalue weighted by Gasteiger charge is -2.27. The van der Waals surface area contributed by atoms with Crippen LogP contribution in [0, 0.1) is 10.1 Å². The van der Waals surface area contributed by atoms with Crippen molar-refractivity contribution in [2.75, 3.05) is 0 Å². The van der Waals surface area contributed by atoms with Gasteiger partial charge in [0.2, 0.25) is 6.33 Å². The molecule has 0 amide bonds. The van der Waals surface area contributed by atoms with Crippen LogP contribution in [0.2, 0.25) is 0 Å². The minimum atomic E-state index is -0.522. The van der Waals surface area contributed by atoms with Crippen molar-refractivity contribution in [3.63, 3.8) is 0 Å². The van der Waals surface area contributed by atoms with Gasteiger partial charge in [0.05, 0.1) is 12.1 Å². The summed E-state index contributed by atoms with van der Waals surface area (Å²) >= 11 is 0. The van der Waals surface area contributed by atoms with Crippen molar-refractivity contribution < 1.29 is 10.0 Å². The van der Waals surface area contributed by atoms with E-state index >= 15 is 0 Å². The van der Waals surface area contributed by atoms with Crippen molar-refractivity contribution in [2.24, 2.45) is 0 Å². The zero-order valence-corrected chi connectivity index (χ0v) is 8.24. The van der Waals surface area contributed by atoms with Crippen LogP contribution in [0.5, 0.6) is 0 Å². The number of hydrogen-bond acceptors (Lipinski definition) is 4. The van der Waals surface area contributed by atoms with Gasteiger partial charge < -0.3 is 19.8 Å². The molecule has 0 aromatic carbocycles. The topological polar surface area (TPSA) is 81.2 Å². The number of aromatic nitrogens is 2. The molecule has 1 aromatic rings. The summed E-state index contributed by atoms with van der Waals surface area (Å²) in [6.07, 6.45) is 6.09. The summed E-state index contributed by atoms with van der Waals surface area (Å²) in [7, 11) is 0. The molecule has 0 aliphatic heterocycles. The molecule has 0 radical (unpaired) electrons. The molecule has 1 fully saturated rings. The van der Waals surface area contributed by atoms with Gasteiger partial charge in [-0.15, -0.1) is 0 Å². The fourth-order valence-corrected chi connectivity index (χ4v) is 2.04. The Labute approximate surface area is 86.7 Å². The van der Waals surface area contributed by atoms with Crippen LogP contribution in [0.3, 0.4) is 0 Å². The van der Waals surface area contributed by atoms with Gasteiger partial charge in [-0.1, -0.05) is 12.8 Å². The molecule has 1 aliphatic rings. The molecule has 1 heterocycles. The zero-order valence-electron chi connectivity index (χ0n) is 8.24. The highest BCUT2D eigenvalue weighted by Gasteiger charge is 2.26. The van der Waals surface area contributed by atoms with E-state index in [0.29, 0.717) is 0 Å². The van der Waals surface area contributed by atoms with Gasteiger partial charge in [-0.2, -0.15) is 0 Å². The number of aliphatic hydroxyl groups excluding tert-OH is 1. The molecule has 0 saturated heterocycles. The Balaban J connectivity index is 2.17. The van der Waals surface area contributed by atoms with E-state index in [1.807, 2.05) is 0 Å². The lowest BCUT2D eigenvalue weighted by molar-refractivity contribution is -0.389. The second-order valence-electron chi connectivity index (χ2n) is 3.86. The summed E-state index contributed by atoms with van der Waals surface area (Å²) in [5.74, 6) is -0.159. The molecule has 15 heavy (non-hydrogen) atoms. The van der Waals surface area contributed by atoms with E-state index in [-0.39, 0.29) is 11.9 Å². The first kappa shape index (κ1) is 10.1. The van der Waals surface area contributed by atoms with Crippen molar-refractivity contribution in [3.8, 4) is 0 Å². The molecular weight excluding hydrogens is 198 g/mol. The third-order valence-electron chi connectivity index (χ3n) is 2.85. The SMILES string of the molecule is O=[N+]([O-])c1cn(C2CCCCC2O)cn1. The number of nitro groups is 1. The van der Waals surface area contributed by atoms with E-state index in [1.165, 1.54) is 12.5 Å². The maximum absolute atomic E-state index is 10.4. The van der Waals surface area contributed by atoms with E-state index in [0.717, 1.165) is 25.7 Å². The molecular formula is C9H13N3O3. The fourth-order valence-electron chi connectivity index (χ4n) is 2.04. The average Bonchev–Trinajstić information content (AvgIpc) is 2.67. The third kappa shape index (κ3) is 1.99. The average molecular weight is 211 g/mol. The van der Waals surface area contributed by atoms with Gasteiger partial charge >= 0.3 is 5.82 Å². The first-order chi connectivity index (χ1) is 7.18. The standard InChI is InChI=1S/C9H13N3O3/c13-8-4-2-1-3-7(8)11-5-9(10-6-11)12(14)15/h5-8,13H,1-4H2. The summed E-state index contributed by atoms with van der Waals surface area (Å²) in [4.78, 5) is 13.6. The maximum atomic E-state index is 10.4. The van der Waals surface area contributed by atoms with Crippen molar-refractivity contribution in [1.29, 1.82) is 0 Å². The van der Waals surface area contributed by atoms with Gasteiger partial charge in [0.15, 0.2) is 0 Å².